The van der Waals surface area contributed by atoms with Gasteiger partial charge in [0.1, 0.15) is 12.9 Å². The molecule has 4 unspecified atom stereocenters. The van der Waals surface area contributed by atoms with E-state index in [1.165, 1.54) is 37.0 Å². The molecule has 2 saturated carbocycles. The van der Waals surface area contributed by atoms with Crippen LogP contribution >= 0.6 is 0 Å². The summed E-state index contributed by atoms with van der Waals surface area (Å²) in [4.78, 5) is 5.10. The summed E-state index contributed by atoms with van der Waals surface area (Å²) in [7, 11) is 0.132. The lowest BCUT2D eigenvalue weighted by molar-refractivity contribution is 0.0599. The Hall–Kier alpha value is -1.29. The minimum atomic E-state index is -1.55. The third-order valence-electron chi connectivity index (χ3n) is 6.92. The molecule has 142 valence electrons. The van der Waals surface area contributed by atoms with E-state index < -0.39 is 8.32 Å². The van der Waals surface area contributed by atoms with E-state index in [1.54, 1.807) is 12.7 Å². The zero-order chi connectivity index (χ0) is 18.5. The summed E-state index contributed by atoms with van der Waals surface area (Å²) in [5.74, 6) is 3.37. The van der Waals surface area contributed by atoms with Crippen LogP contribution in [0.1, 0.15) is 56.1 Å². The zero-order valence-corrected chi connectivity index (χ0v) is 18.0. The molecule has 0 amide bonds. The number of aryl methyl sites for hydroxylation is 1. The fourth-order valence-corrected chi connectivity index (χ4v) is 6.81. The van der Waals surface area contributed by atoms with Crippen molar-refractivity contribution in [2.24, 2.45) is 22.4 Å². The highest BCUT2D eigenvalue weighted by molar-refractivity contribution is 6.70. The first-order chi connectivity index (χ1) is 12.3. The molecule has 0 saturated heterocycles. The van der Waals surface area contributed by atoms with Gasteiger partial charge < -0.3 is 9.26 Å². The van der Waals surface area contributed by atoms with Gasteiger partial charge in [-0.05, 0) is 105 Å². The largest absolute Gasteiger partial charge is 0.544 e. The van der Waals surface area contributed by atoms with Gasteiger partial charge in [0.15, 0.2) is 0 Å². The standard InChI is InChI=1S/C22H33NO2Si/c1-22-11-10-19-18-9-7-17(25-26(3,4)5)12-15(18)6-8-20(19)21(22)13-16(14-22)23-24-2/h7,9,12,19-21H,6,8,10-11,13-14H2,1-5H3/b23-16-. The minimum Gasteiger partial charge on any atom is -0.544 e. The monoisotopic (exact) mass is 371 g/mol. The van der Waals surface area contributed by atoms with Gasteiger partial charge in [0.2, 0.25) is 8.32 Å². The van der Waals surface area contributed by atoms with Crippen molar-refractivity contribution >= 4 is 14.0 Å². The lowest BCUT2D eigenvalue weighted by Crippen LogP contribution is -2.39. The highest BCUT2D eigenvalue weighted by Gasteiger charge is 2.52. The predicted molar refractivity (Wildman–Crippen MR) is 109 cm³/mol. The van der Waals surface area contributed by atoms with Crippen molar-refractivity contribution in [2.45, 2.75) is 71.0 Å². The van der Waals surface area contributed by atoms with E-state index in [4.69, 9.17) is 9.26 Å². The molecule has 1 aromatic carbocycles. The van der Waals surface area contributed by atoms with E-state index in [1.807, 2.05) is 0 Å². The second-order valence-corrected chi connectivity index (χ2v) is 14.3. The van der Waals surface area contributed by atoms with E-state index in [-0.39, 0.29) is 0 Å². The summed E-state index contributed by atoms with van der Waals surface area (Å²) in [5, 5.41) is 4.32. The Morgan fingerprint density at radius 3 is 2.73 bits per heavy atom. The molecule has 3 aliphatic rings. The zero-order valence-electron chi connectivity index (χ0n) is 17.0. The SMILES string of the molecule is CO/N=C1/CC2C3CCc4cc(O[Si](C)(C)C)ccc4C3CCC2(C)C1. The van der Waals surface area contributed by atoms with Crippen molar-refractivity contribution in [1.29, 1.82) is 0 Å². The van der Waals surface area contributed by atoms with Crippen LogP contribution in [0.2, 0.25) is 19.6 Å². The van der Waals surface area contributed by atoms with E-state index in [2.05, 4.69) is 49.9 Å². The molecule has 4 atom stereocenters. The smallest absolute Gasteiger partial charge is 0.242 e. The van der Waals surface area contributed by atoms with Gasteiger partial charge in [-0.15, -0.1) is 0 Å². The first-order valence-corrected chi connectivity index (χ1v) is 13.6. The lowest BCUT2D eigenvalue weighted by Gasteiger charge is -2.49. The fraction of sp³-hybridized carbons (Fsp3) is 0.682. The number of nitrogens with zero attached hydrogens (tertiary/aromatic N) is 1. The number of fused-ring (bicyclic) bond motifs is 5. The second kappa shape index (κ2) is 6.40. The average Bonchev–Trinajstić information content (AvgIpc) is 2.89. The summed E-state index contributed by atoms with van der Waals surface area (Å²) in [5.41, 5.74) is 4.85. The number of oxime groups is 1. The van der Waals surface area contributed by atoms with Crippen molar-refractivity contribution in [3.05, 3.63) is 29.3 Å². The maximum Gasteiger partial charge on any atom is 0.242 e. The Labute approximate surface area is 159 Å². The topological polar surface area (TPSA) is 30.8 Å². The maximum absolute atomic E-state index is 6.24. The van der Waals surface area contributed by atoms with Crippen LogP contribution in [0.15, 0.2) is 23.4 Å². The first kappa shape index (κ1) is 18.1. The number of rotatable bonds is 3. The lowest BCUT2D eigenvalue weighted by atomic mass is 9.56. The summed E-state index contributed by atoms with van der Waals surface area (Å²) >= 11 is 0. The third-order valence-corrected chi connectivity index (χ3v) is 7.77. The molecule has 2 fully saturated rings. The van der Waals surface area contributed by atoms with Crippen LogP contribution in [-0.2, 0) is 11.3 Å². The van der Waals surface area contributed by atoms with Crippen molar-refractivity contribution < 1.29 is 9.26 Å². The Kier molecular flexibility index (Phi) is 4.45. The van der Waals surface area contributed by atoms with Gasteiger partial charge in [0.25, 0.3) is 0 Å². The van der Waals surface area contributed by atoms with Gasteiger partial charge in [-0.3, -0.25) is 0 Å². The normalized spacial score (nSPS) is 34.8. The predicted octanol–water partition coefficient (Wildman–Crippen LogP) is 5.76. The van der Waals surface area contributed by atoms with E-state index in [0.717, 1.165) is 36.3 Å². The van der Waals surface area contributed by atoms with Gasteiger partial charge >= 0.3 is 0 Å². The van der Waals surface area contributed by atoms with Crippen LogP contribution in [0.25, 0.3) is 0 Å². The number of hydrogen-bond donors (Lipinski definition) is 0. The number of hydrogen-bond acceptors (Lipinski definition) is 3. The Morgan fingerprint density at radius 1 is 1.19 bits per heavy atom. The van der Waals surface area contributed by atoms with E-state index >= 15 is 0 Å². The molecule has 0 spiro atoms. The molecular weight excluding hydrogens is 338 g/mol. The van der Waals surface area contributed by atoms with Crippen LogP contribution in [0, 0.1) is 17.3 Å². The van der Waals surface area contributed by atoms with Gasteiger partial charge in [-0.2, -0.15) is 0 Å². The highest BCUT2D eigenvalue weighted by Crippen LogP contribution is 2.60. The third kappa shape index (κ3) is 3.21. The molecule has 4 heteroatoms. The Morgan fingerprint density at radius 2 is 2.00 bits per heavy atom. The summed E-state index contributed by atoms with van der Waals surface area (Å²) in [6.45, 7) is 9.25. The molecule has 0 radical (unpaired) electrons. The number of benzene rings is 1. The molecule has 0 aromatic heterocycles. The minimum absolute atomic E-state index is 0.427. The fourth-order valence-electron chi connectivity index (χ4n) is 5.98. The van der Waals surface area contributed by atoms with Crippen molar-refractivity contribution in [1.82, 2.24) is 0 Å². The molecule has 3 nitrogen and oxygen atoms in total. The van der Waals surface area contributed by atoms with Crippen LogP contribution in [-0.4, -0.2) is 21.1 Å². The van der Waals surface area contributed by atoms with Gasteiger partial charge in [0.05, 0.1) is 5.71 Å². The molecule has 0 N–H and O–H groups in total. The van der Waals surface area contributed by atoms with Crippen LogP contribution in [0.5, 0.6) is 5.75 Å². The van der Waals surface area contributed by atoms with E-state index in [9.17, 15) is 0 Å². The van der Waals surface area contributed by atoms with Gasteiger partial charge in [-0.1, -0.05) is 18.1 Å². The van der Waals surface area contributed by atoms with Crippen LogP contribution in [0.4, 0.5) is 0 Å². The summed E-state index contributed by atoms with van der Waals surface area (Å²) in [6, 6.07) is 6.94. The molecule has 0 heterocycles. The molecule has 0 bridgehead atoms. The van der Waals surface area contributed by atoms with Crippen LogP contribution < -0.4 is 4.43 Å². The Bertz CT molecular complexity index is 723. The molecule has 1 aromatic rings. The highest BCUT2D eigenvalue weighted by atomic mass is 28.4. The first-order valence-electron chi connectivity index (χ1n) is 10.2. The van der Waals surface area contributed by atoms with E-state index in [0.29, 0.717) is 5.41 Å². The average molecular weight is 372 g/mol. The quantitative estimate of drug-likeness (QED) is 0.499. The Balaban J connectivity index is 1.60. The van der Waals surface area contributed by atoms with Crippen molar-refractivity contribution in [2.75, 3.05) is 7.11 Å². The molecule has 4 rings (SSSR count). The molecule has 3 aliphatic carbocycles. The molecule has 26 heavy (non-hydrogen) atoms. The second-order valence-electron chi connectivity index (χ2n) is 9.90. The maximum atomic E-state index is 6.24. The summed E-state index contributed by atoms with van der Waals surface area (Å²) < 4.78 is 6.24. The molecule has 0 aliphatic heterocycles. The van der Waals surface area contributed by atoms with Gasteiger partial charge in [-0.25, -0.2) is 0 Å². The van der Waals surface area contributed by atoms with Crippen LogP contribution in [0.3, 0.4) is 0 Å². The van der Waals surface area contributed by atoms with Gasteiger partial charge in [0, 0.05) is 0 Å². The van der Waals surface area contributed by atoms with Crippen molar-refractivity contribution in [3.8, 4) is 5.75 Å². The molecular formula is C22H33NO2Si. The summed E-state index contributed by atoms with van der Waals surface area (Å²) in [6.07, 6.45) is 7.41. The van der Waals surface area contributed by atoms with Crippen molar-refractivity contribution in [3.63, 3.8) is 0 Å².